The highest BCUT2D eigenvalue weighted by Crippen LogP contribution is 2.20. The van der Waals surface area contributed by atoms with Gasteiger partial charge in [0, 0.05) is 36.2 Å². The molecule has 1 heterocycles. The highest BCUT2D eigenvalue weighted by Gasteiger charge is 2.30. The molecule has 0 bridgehead atoms. The minimum atomic E-state index is -3.64. The molecule has 10 heteroatoms. The van der Waals surface area contributed by atoms with Gasteiger partial charge in [-0.3, -0.25) is 9.59 Å². The van der Waals surface area contributed by atoms with Crippen molar-refractivity contribution in [3.8, 4) is 5.75 Å². The average molecular weight is 586 g/mol. The zero-order valence-electron chi connectivity index (χ0n) is 20.9. The van der Waals surface area contributed by atoms with E-state index in [9.17, 15) is 18.0 Å². The van der Waals surface area contributed by atoms with E-state index in [0.717, 1.165) is 11.1 Å². The number of ether oxygens (including phenoxy) is 1. The first-order chi connectivity index (χ1) is 18.7. The largest absolute Gasteiger partial charge is 0.484 e. The van der Waals surface area contributed by atoms with E-state index in [1.165, 1.54) is 40.7 Å². The lowest BCUT2D eigenvalue weighted by atomic mass is 10.1. The minimum Gasteiger partial charge on any atom is -0.484 e. The molecule has 0 atom stereocenters. The lowest BCUT2D eigenvalue weighted by molar-refractivity contribution is -0.134. The van der Waals surface area contributed by atoms with E-state index >= 15 is 0 Å². The number of benzene rings is 3. The smallest absolute Gasteiger partial charge is 0.260 e. The Bertz CT molecular complexity index is 1460. The molecule has 7 nitrogen and oxygen atoms in total. The van der Waals surface area contributed by atoms with Crippen LogP contribution in [0.4, 0.5) is 0 Å². The molecule has 1 aliphatic heterocycles. The minimum absolute atomic E-state index is 0.156. The fourth-order valence-corrected chi connectivity index (χ4v) is 5.51. The Morgan fingerprint density at radius 3 is 1.77 bits per heavy atom. The second-order valence-corrected chi connectivity index (χ2v) is 11.5. The van der Waals surface area contributed by atoms with Gasteiger partial charge in [0.1, 0.15) is 5.75 Å². The van der Waals surface area contributed by atoms with Crippen LogP contribution in [0.25, 0.3) is 12.2 Å². The van der Waals surface area contributed by atoms with E-state index in [2.05, 4.69) is 0 Å². The Morgan fingerprint density at radius 1 is 0.744 bits per heavy atom. The van der Waals surface area contributed by atoms with Gasteiger partial charge >= 0.3 is 0 Å². The van der Waals surface area contributed by atoms with Crippen molar-refractivity contribution >= 4 is 57.1 Å². The maximum Gasteiger partial charge on any atom is 0.260 e. The van der Waals surface area contributed by atoms with Crippen molar-refractivity contribution < 1.29 is 22.7 Å². The Hall–Kier alpha value is -3.43. The quantitative estimate of drug-likeness (QED) is 0.323. The standard InChI is InChI=1S/C29H26Cl2N2O5S/c30-24-7-1-22(2-8-24)3-11-26(34)12-4-23-5-13-27(14-6-23)38-21-29(35)32-17-19-33(20-18-32)39(36,37)28-15-9-25(31)10-16-28/h1-16H,17-21H2. The number of rotatable bonds is 9. The number of carbonyl (C=O) groups excluding carboxylic acids is 2. The van der Waals surface area contributed by atoms with Crippen LogP contribution in [-0.4, -0.2) is 62.1 Å². The number of piperazine rings is 1. The highest BCUT2D eigenvalue weighted by molar-refractivity contribution is 7.89. The van der Waals surface area contributed by atoms with Crippen LogP contribution in [-0.2, 0) is 19.6 Å². The van der Waals surface area contributed by atoms with E-state index in [-0.39, 0.29) is 49.4 Å². The zero-order valence-corrected chi connectivity index (χ0v) is 23.2. The van der Waals surface area contributed by atoms with Gasteiger partial charge in [-0.05, 0) is 71.8 Å². The first kappa shape index (κ1) is 28.6. The number of sulfonamides is 1. The summed E-state index contributed by atoms with van der Waals surface area (Å²) in [6, 6.07) is 20.2. The molecule has 0 aliphatic carbocycles. The molecule has 39 heavy (non-hydrogen) atoms. The molecular formula is C29H26Cl2N2O5S. The number of carbonyl (C=O) groups is 2. The highest BCUT2D eigenvalue weighted by atomic mass is 35.5. The number of hydrogen-bond donors (Lipinski definition) is 0. The summed E-state index contributed by atoms with van der Waals surface area (Å²) in [6.07, 6.45) is 6.37. The summed E-state index contributed by atoms with van der Waals surface area (Å²) in [5, 5.41) is 1.10. The van der Waals surface area contributed by atoms with Crippen LogP contribution in [0, 0.1) is 0 Å². The number of hydrogen-bond acceptors (Lipinski definition) is 5. The monoisotopic (exact) mass is 584 g/mol. The van der Waals surface area contributed by atoms with Crippen LogP contribution in [0.2, 0.25) is 10.0 Å². The van der Waals surface area contributed by atoms with Crippen molar-refractivity contribution in [3.05, 3.63) is 106 Å². The predicted octanol–water partition coefficient (Wildman–Crippen LogP) is 5.20. The fourth-order valence-electron chi connectivity index (χ4n) is 3.83. The first-order valence-corrected chi connectivity index (χ1v) is 14.3. The van der Waals surface area contributed by atoms with E-state index in [1.54, 1.807) is 53.5 Å². The average Bonchev–Trinajstić information content (AvgIpc) is 2.95. The number of nitrogens with zero attached hydrogens (tertiary/aromatic N) is 2. The summed E-state index contributed by atoms with van der Waals surface area (Å²) in [6.45, 7) is 0.794. The maximum atomic E-state index is 12.8. The molecule has 1 fully saturated rings. The van der Waals surface area contributed by atoms with Crippen LogP contribution >= 0.6 is 23.2 Å². The third-order valence-electron chi connectivity index (χ3n) is 6.04. The first-order valence-electron chi connectivity index (χ1n) is 12.1. The van der Waals surface area contributed by atoms with Gasteiger partial charge in [-0.15, -0.1) is 0 Å². The molecule has 0 aromatic heterocycles. The molecule has 4 rings (SSSR count). The van der Waals surface area contributed by atoms with Crippen LogP contribution < -0.4 is 4.74 Å². The van der Waals surface area contributed by atoms with Gasteiger partial charge in [0.05, 0.1) is 4.90 Å². The Labute approximate surface area is 237 Å². The van der Waals surface area contributed by atoms with Gasteiger partial charge in [-0.25, -0.2) is 8.42 Å². The number of ketones is 1. The molecule has 0 radical (unpaired) electrons. The number of allylic oxidation sites excluding steroid dienone is 2. The van der Waals surface area contributed by atoms with Gasteiger partial charge < -0.3 is 9.64 Å². The summed E-state index contributed by atoms with van der Waals surface area (Å²) in [7, 11) is -3.64. The molecule has 0 unspecified atom stereocenters. The third kappa shape index (κ3) is 8.03. The van der Waals surface area contributed by atoms with Crippen molar-refractivity contribution in [2.75, 3.05) is 32.8 Å². The van der Waals surface area contributed by atoms with Gasteiger partial charge in [0.2, 0.25) is 10.0 Å². The Balaban J connectivity index is 1.22. The second kappa shape index (κ2) is 13.1. The van der Waals surface area contributed by atoms with Crippen molar-refractivity contribution in [2.24, 2.45) is 0 Å². The lowest BCUT2D eigenvalue weighted by Gasteiger charge is -2.34. The van der Waals surface area contributed by atoms with Crippen molar-refractivity contribution in [2.45, 2.75) is 4.90 Å². The molecule has 202 valence electrons. The molecule has 0 spiro atoms. The molecular weight excluding hydrogens is 559 g/mol. The van der Waals surface area contributed by atoms with E-state index in [1.807, 2.05) is 12.1 Å². The van der Waals surface area contributed by atoms with E-state index in [0.29, 0.717) is 15.8 Å². The number of halogens is 2. The van der Waals surface area contributed by atoms with Crippen molar-refractivity contribution in [1.29, 1.82) is 0 Å². The van der Waals surface area contributed by atoms with Crippen molar-refractivity contribution in [1.82, 2.24) is 9.21 Å². The lowest BCUT2D eigenvalue weighted by Crippen LogP contribution is -2.51. The van der Waals surface area contributed by atoms with E-state index < -0.39 is 10.0 Å². The predicted molar refractivity (Wildman–Crippen MR) is 153 cm³/mol. The SMILES string of the molecule is O=C(C=Cc1ccc(Cl)cc1)C=Cc1ccc(OCC(=O)N2CCN(S(=O)(=O)c3ccc(Cl)cc3)CC2)cc1. The molecule has 3 aromatic carbocycles. The molecule has 0 N–H and O–H groups in total. The van der Waals surface area contributed by atoms with Crippen LogP contribution in [0.1, 0.15) is 11.1 Å². The normalized spacial score (nSPS) is 14.7. The second-order valence-electron chi connectivity index (χ2n) is 8.72. The van der Waals surface area contributed by atoms with Crippen LogP contribution in [0.3, 0.4) is 0 Å². The molecule has 1 saturated heterocycles. The Morgan fingerprint density at radius 2 is 1.23 bits per heavy atom. The van der Waals surface area contributed by atoms with Crippen molar-refractivity contribution in [3.63, 3.8) is 0 Å². The van der Waals surface area contributed by atoms with Gasteiger partial charge in [0.15, 0.2) is 12.4 Å². The van der Waals surface area contributed by atoms with Gasteiger partial charge in [-0.2, -0.15) is 4.31 Å². The molecule has 0 saturated carbocycles. The molecule has 1 amide bonds. The molecule has 1 aliphatic rings. The van der Waals surface area contributed by atoms with E-state index in [4.69, 9.17) is 27.9 Å². The third-order valence-corrected chi connectivity index (χ3v) is 8.45. The zero-order chi connectivity index (χ0) is 27.8. The summed E-state index contributed by atoms with van der Waals surface area (Å²) in [5.74, 6) is 0.135. The summed E-state index contributed by atoms with van der Waals surface area (Å²) in [5.41, 5.74) is 1.68. The van der Waals surface area contributed by atoms with Crippen LogP contribution in [0.15, 0.2) is 89.8 Å². The summed E-state index contributed by atoms with van der Waals surface area (Å²) in [4.78, 5) is 26.5. The fraction of sp³-hybridized carbons (Fsp3) is 0.172. The summed E-state index contributed by atoms with van der Waals surface area (Å²) >= 11 is 11.7. The Kier molecular flexibility index (Phi) is 9.59. The number of amides is 1. The maximum absolute atomic E-state index is 12.8. The topological polar surface area (TPSA) is 84.0 Å². The molecule has 3 aromatic rings. The van der Waals surface area contributed by atoms with Gasteiger partial charge in [0.25, 0.3) is 5.91 Å². The summed E-state index contributed by atoms with van der Waals surface area (Å²) < 4.78 is 32.6. The van der Waals surface area contributed by atoms with Gasteiger partial charge in [-0.1, -0.05) is 59.6 Å². The van der Waals surface area contributed by atoms with Crippen LogP contribution in [0.5, 0.6) is 5.75 Å².